The Morgan fingerprint density at radius 2 is 1.57 bits per heavy atom. The van der Waals surface area contributed by atoms with Gasteiger partial charge in [-0.25, -0.2) is 12.7 Å². The quantitative estimate of drug-likeness (QED) is 0.273. The Morgan fingerprint density at radius 1 is 0.909 bits per heavy atom. The summed E-state index contributed by atoms with van der Waals surface area (Å²) in [6, 6.07) is 19.8. The Hall–Kier alpha value is -3.40. The molecule has 1 aliphatic heterocycles. The van der Waals surface area contributed by atoms with Crippen molar-refractivity contribution in [3.05, 3.63) is 99.5 Å². The molecule has 0 radical (unpaired) electrons. The Labute approximate surface area is 268 Å². The first-order chi connectivity index (χ1) is 21.2. The first-order valence-electron chi connectivity index (χ1n) is 14.9. The fourth-order valence-corrected chi connectivity index (χ4v) is 8.05. The number of rotatable bonds is 11. The number of amides is 3. The molecule has 1 saturated carbocycles. The van der Waals surface area contributed by atoms with E-state index in [-0.39, 0.29) is 60.7 Å². The Bertz CT molecular complexity index is 1610. The summed E-state index contributed by atoms with van der Waals surface area (Å²) in [4.78, 5) is 42.4. The standard InChI is InChI=1S/C33H35Cl2N3O5S/c34-27-16-9-17-28(35)26(27)22-37(29(21-23-11-3-1-4-12-23)32(40)36-24-13-5-2-6-14-24)31(39)19-10-20-38-33(41)25-15-7-8-18-30(25)44(38,42)43/h1,3-4,7-9,11-12,15-18,24,29H,2,5-6,10,13-14,19-22H2,(H,36,40). The number of carbonyl (C=O) groups excluding carboxylic acids is 3. The van der Waals surface area contributed by atoms with Crippen LogP contribution < -0.4 is 5.32 Å². The molecule has 0 aromatic heterocycles. The molecule has 1 fully saturated rings. The van der Waals surface area contributed by atoms with Crippen LogP contribution in [0.15, 0.2) is 77.7 Å². The molecular formula is C33H35Cl2N3O5S. The van der Waals surface area contributed by atoms with E-state index in [2.05, 4.69) is 5.32 Å². The molecule has 0 spiro atoms. The summed E-state index contributed by atoms with van der Waals surface area (Å²) in [5.41, 5.74) is 1.52. The molecule has 3 aromatic rings. The largest absolute Gasteiger partial charge is 0.352 e. The first kappa shape index (κ1) is 32.0. The summed E-state index contributed by atoms with van der Waals surface area (Å²) in [6.45, 7) is -0.181. The van der Waals surface area contributed by atoms with Gasteiger partial charge in [-0.1, -0.05) is 91.0 Å². The zero-order valence-electron chi connectivity index (χ0n) is 24.3. The summed E-state index contributed by atoms with van der Waals surface area (Å²) < 4.78 is 26.9. The van der Waals surface area contributed by atoms with Crippen LogP contribution in [0.4, 0.5) is 0 Å². The van der Waals surface area contributed by atoms with E-state index in [1.807, 2.05) is 30.3 Å². The highest BCUT2D eigenvalue weighted by Gasteiger charge is 2.40. The Kier molecular flexibility index (Phi) is 10.3. The van der Waals surface area contributed by atoms with Gasteiger partial charge in [0.2, 0.25) is 11.8 Å². The predicted octanol–water partition coefficient (Wildman–Crippen LogP) is 6.01. The fourth-order valence-electron chi connectivity index (χ4n) is 5.92. The molecule has 3 amide bonds. The van der Waals surface area contributed by atoms with E-state index < -0.39 is 22.0 Å². The van der Waals surface area contributed by atoms with Gasteiger partial charge in [0.05, 0.1) is 5.56 Å². The lowest BCUT2D eigenvalue weighted by Gasteiger charge is -2.34. The van der Waals surface area contributed by atoms with Gasteiger partial charge >= 0.3 is 0 Å². The second-order valence-electron chi connectivity index (χ2n) is 11.3. The normalized spacial score (nSPS) is 16.8. The van der Waals surface area contributed by atoms with E-state index in [4.69, 9.17) is 23.2 Å². The van der Waals surface area contributed by atoms with Crippen LogP contribution in [0, 0.1) is 0 Å². The van der Waals surface area contributed by atoms with Crippen molar-refractivity contribution in [2.24, 2.45) is 0 Å². The van der Waals surface area contributed by atoms with Gasteiger partial charge in [-0.2, -0.15) is 0 Å². The van der Waals surface area contributed by atoms with Crippen molar-refractivity contribution in [2.75, 3.05) is 6.54 Å². The lowest BCUT2D eigenvalue weighted by molar-refractivity contribution is -0.141. The molecule has 0 saturated heterocycles. The maximum absolute atomic E-state index is 14.0. The van der Waals surface area contributed by atoms with E-state index >= 15 is 0 Å². The first-order valence-corrected chi connectivity index (χ1v) is 17.1. The molecule has 11 heteroatoms. The topological polar surface area (TPSA) is 104 Å². The highest BCUT2D eigenvalue weighted by molar-refractivity contribution is 7.90. The molecule has 8 nitrogen and oxygen atoms in total. The summed E-state index contributed by atoms with van der Waals surface area (Å²) in [5, 5.41) is 3.92. The van der Waals surface area contributed by atoms with E-state index in [0.29, 0.717) is 15.6 Å². The minimum Gasteiger partial charge on any atom is -0.352 e. The van der Waals surface area contributed by atoms with Gasteiger partial charge in [-0.05, 0) is 49.1 Å². The Balaban J connectivity index is 1.40. The molecule has 1 heterocycles. The van der Waals surface area contributed by atoms with Crippen LogP contribution in [0.5, 0.6) is 0 Å². The van der Waals surface area contributed by atoms with Gasteiger partial charge < -0.3 is 10.2 Å². The number of benzene rings is 3. The fraction of sp³-hybridized carbons (Fsp3) is 0.364. The number of halogens is 2. The van der Waals surface area contributed by atoms with Gasteiger partial charge in [-0.15, -0.1) is 0 Å². The molecular weight excluding hydrogens is 621 g/mol. The second-order valence-corrected chi connectivity index (χ2v) is 13.9. The number of carbonyl (C=O) groups is 3. The van der Waals surface area contributed by atoms with Crippen LogP contribution in [0.1, 0.15) is 66.4 Å². The van der Waals surface area contributed by atoms with Crippen molar-refractivity contribution in [3.8, 4) is 0 Å². The lowest BCUT2D eigenvalue weighted by Crippen LogP contribution is -2.53. The maximum atomic E-state index is 14.0. The van der Waals surface area contributed by atoms with E-state index in [1.165, 1.54) is 17.0 Å². The lowest BCUT2D eigenvalue weighted by atomic mass is 9.94. The summed E-state index contributed by atoms with van der Waals surface area (Å²) in [6.07, 6.45) is 5.22. The molecule has 1 atom stereocenters. The average Bonchev–Trinajstić information content (AvgIpc) is 3.21. The monoisotopic (exact) mass is 655 g/mol. The van der Waals surface area contributed by atoms with Gasteiger partial charge in [0, 0.05) is 47.6 Å². The van der Waals surface area contributed by atoms with Crippen molar-refractivity contribution in [1.29, 1.82) is 0 Å². The molecule has 1 unspecified atom stereocenters. The van der Waals surface area contributed by atoms with Gasteiger partial charge in [-0.3, -0.25) is 14.4 Å². The highest BCUT2D eigenvalue weighted by Crippen LogP contribution is 2.31. The summed E-state index contributed by atoms with van der Waals surface area (Å²) in [7, 11) is -4.00. The third-order valence-electron chi connectivity index (χ3n) is 8.28. The minimum atomic E-state index is -4.00. The second kappa shape index (κ2) is 14.1. The average molecular weight is 657 g/mol. The van der Waals surface area contributed by atoms with Gasteiger partial charge in [0.15, 0.2) is 0 Å². The van der Waals surface area contributed by atoms with Gasteiger partial charge in [0.1, 0.15) is 10.9 Å². The van der Waals surface area contributed by atoms with E-state index in [0.717, 1.165) is 42.0 Å². The third-order valence-corrected chi connectivity index (χ3v) is 10.8. The maximum Gasteiger partial charge on any atom is 0.269 e. The molecule has 1 aliphatic carbocycles. The minimum absolute atomic E-state index is 0.0146. The molecule has 232 valence electrons. The van der Waals surface area contributed by atoms with Crippen LogP contribution >= 0.6 is 23.2 Å². The SMILES string of the molecule is O=C(NC1CCCCC1)C(Cc1ccccc1)N(Cc1c(Cl)cccc1Cl)C(=O)CCCN1C(=O)c2ccccc2S1(=O)=O. The zero-order valence-corrected chi connectivity index (χ0v) is 26.6. The van der Waals surface area contributed by atoms with Crippen molar-refractivity contribution in [1.82, 2.24) is 14.5 Å². The molecule has 5 rings (SSSR count). The van der Waals surface area contributed by atoms with E-state index in [1.54, 1.807) is 30.3 Å². The molecule has 3 aromatic carbocycles. The number of sulfonamides is 1. The van der Waals surface area contributed by atoms with Crippen molar-refractivity contribution in [2.45, 2.75) is 74.9 Å². The van der Waals surface area contributed by atoms with Crippen LogP contribution in [0.2, 0.25) is 10.0 Å². The summed E-state index contributed by atoms with van der Waals surface area (Å²) in [5.74, 6) is -1.24. The predicted molar refractivity (Wildman–Crippen MR) is 170 cm³/mol. The van der Waals surface area contributed by atoms with Gasteiger partial charge in [0.25, 0.3) is 15.9 Å². The van der Waals surface area contributed by atoms with Crippen LogP contribution in [-0.4, -0.2) is 54.0 Å². The third kappa shape index (κ3) is 7.11. The van der Waals surface area contributed by atoms with E-state index in [9.17, 15) is 22.8 Å². The van der Waals surface area contributed by atoms with Crippen molar-refractivity contribution in [3.63, 3.8) is 0 Å². The molecule has 44 heavy (non-hydrogen) atoms. The summed E-state index contributed by atoms with van der Waals surface area (Å²) >= 11 is 13.1. The number of hydrogen-bond acceptors (Lipinski definition) is 5. The van der Waals surface area contributed by atoms with Crippen molar-refractivity contribution < 1.29 is 22.8 Å². The highest BCUT2D eigenvalue weighted by atomic mass is 35.5. The molecule has 2 aliphatic rings. The smallest absolute Gasteiger partial charge is 0.269 e. The number of nitrogens with zero attached hydrogens (tertiary/aromatic N) is 2. The molecule has 1 N–H and O–H groups in total. The van der Waals surface area contributed by atoms with Crippen LogP contribution in [0.3, 0.4) is 0 Å². The number of nitrogens with one attached hydrogen (secondary N) is 1. The number of hydrogen-bond donors (Lipinski definition) is 1. The Morgan fingerprint density at radius 3 is 2.25 bits per heavy atom. The van der Waals surface area contributed by atoms with Crippen LogP contribution in [0.25, 0.3) is 0 Å². The van der Waals surface area contributed by atoms with Crippen molar-refractivity contribution >= 4 is 50.9 Å². The zero-order chi connectivity index (χ0) is 31.3. The van der Waals surface area contributed by atoms with Crippen LogP contribution in [-0.2, 0) is 32.6 Å². The number of fused-ring (bicyclic) bond motifs is 1. The molecule has 0 bridgehead atoms.